The van der Waals surface area contributed by atoms with Gasteiger partial charge in [0.15, 0.2) is 0 Å². The molecule has 0 saturated carbocycles. The predicted molar refractivity (Wildman–Crippen MR) is 78.9 cm³/mol. The molecular formula is C15H19N3O3. The number of H-pyrrole nitrogens is 1. The number of fused-ring (bicyclic) bond motifs is 1. The lowest BCUT2D eigenvalue weighted by molar-refractivity contribution is -0.156. The maximum atomic E-state index is 12.1. The van der Waals surface area contributed by atoms with Crippen LogP contribution in [-0.2, 0) is 9.53 Å². The molecule has 1 aromatic carbocycles. The average Bonchev–Trinajstić information content (AvgIpc) is 2.83. The summed E-state index contributed by atoms with van der Waals surface area (Å²) in [5.74, 6) is -0.781. The average molecular weight is 289 g/mol. The van der Waals surface area contributed by atoms with Crippen molar-refractivity contribution in [3.8, 4) is 0 Å². The zero-order chi connectivity index (χ0) is 15.6. The van der Waals surface area contributed by atoms with E-state index < -0.39 is 17.6 Å². The lowest BCUT2D eigenvalue weighted by Crippen LogP contribution is -2.42. The van der Waals surface area contributed by atoms with Crippen molar-refractivity contribution in [2.45, 2.75) is 39.3 Å². The number of nitrogens with one attached hydrogen (secondary N) is 2. The number of hydrogen-bond acceptors (Lipinski definition) is 4. The number of nitrogens with zero attached hydrogens (tertiary/aromatic N) is 1. The zero-order valence-electron chi connectivity index (χ0n) is 12.6. The van der Waals surface area contributed by atoms with Gasteiger partial charge in [0.2, 0.25) is 0 Å². The lowest BCUT2D eigenvalue weighted by Gasteiger charge is -2.22. The quantitative estimate of drug-likeness (QED) is 0.847. The molecule has 6 heteroatoms. The first-order valence-electron chi connectivity index (χ1n) is 6.73. The molecule has 1 amide bonds. The number of amides is 1. The van der Waals surface area contributed by atoms with E-state index in [-0.39, 0.29) is 5.91 Å². The monoisotopic (exact) mass is 289 g/mol. The SMILES string of the molecule is C[C@H](NC(=O)c1ccc2[nH]ncc2c1)C(=O)OC(C)(C)C. The highest BCUT2D eigenvalue weighted by Gasteiger charge is 2.23. The van der Waals surface area contributed by atoms with E-state index in [4.69, 9.17) is 4.74 Å². The number of carbonyl (C=O) groups excluding carboxylic acids is 2. The van der Waals surface area contributed by atoms with E-state index in [1.54, 1.807) is 52.1 Å². The summed E-state index contributed by atoms with van der Waals surface area (Å²) < 4.78 is 5.23. The van der Waals surface area contributed by atoms with Crippen LogP contribution in [0.15, 0.2) is 24.4 Å². The van der Waals surface area contributed by atoms with Gasteiger partial charge in [-0.2, -0.15) is 5.10 Å². The Kier molecular flexibility index (Phi) is 3.97. The number of carbonyl (C=O) groups is 2. The van der Waals surface area contributed by atoms with Crippen molar-refractivity contribution >= 4 is 22.8 Å². The molecule has 0 fully saturated rings. The second-order valence-corrected chi connectivity index (χ2v) is 5.90. The van der Waals surface area contributed by atoms with Gasteiger partial charge in [0.1, 0.15) is 11.6 Å². The van der Waals surface area contributed by atoms with Crippen LogP contribution < -0.4 is 5.32 Å². The van der Waals surface area contributed by atoms with Crippen LogP contribution in [0, 0.1) is 0 Å². The van der Waals surface area contributed by atoms with Gasteiger partial charge in [-0.1, -0.05) is 0 Å². The van der Waals surface area contributed by atoms with E-state index in [1.165, 1.54) is 0 Å². The van der Waals surface area contributed by atoms with Crippen molar-refractivity contribution in [2.24, 2.45) is 0 Å². The number of benzene rings is 1. The van der Waals surface area contributed by atoms with Gasteiger partial charge in [0.25, 0.3) is 5.91 Å². The minimum Gasteiger partial charge on any atom is -0.458 e. The molecule has 2 aromatic rings. The van der Waals surface area contributed by atoms with Crippen LogP contribution in [0.1, 0.15) is 38.1 Å². The van der Waals surface area contributed by atoms with E-state index >= 15 is 0 Å². The van der Waals surface area contributed by atoms with E-state index in [0.717, 1.165) is 10.9 Å². The van der Waals surface area contributed by atoms with Crippen LogP contribution in [-0.4, -0.2) is 33.7 Å². The molecule has 0 saturated heterocycles. The van der Waals surface area contributed by atoms with Gasteiger partial charge >= 0.3 is 5.97 Å². The molecule has 0 aliphatic heterocycles. The molecule has 0 spiro atoms. The third-order valence-electron chi connectivity index (χ3n) is 2.81. The third kappa shape index (κ3) is 3.81. The first-order valence-corrected chi connectivity index (χ1v) is 6.73. The maximum Gasteiger partial charge on any atom is 0.328 e. The summed E-state index contributed by atoms with van der Waals surface area (Å²) in [5.41, 5.74) is 0.747. The minimum atomic E-state index is -0.711. The second kappa shape index (κ2) is 5.55. The van der Waals surface area contributed by atoms with Gasteiger partial charge < -0.3 is 10.1 Å². The molecule has 1 aromatic heterocycles. The van der Waals surface area contributed by atoms with Crippen molar-refractivity contribution in [3.05, 3.63) is 30.0 Å². The van der Waals surface area contributed by atoms with E-state index in [0.29, 0.717) is 5.56 Å². The maximum absolute atomic E-state index is 12.1. The Hall–Kier alpha value is -2.37. The summed E-state index contributed by atoms with van der Waals surface area (Å²) >= 11 is 0. The van der Waals surface area contributed by atoms with Crippen LogP contribution in [0.3, 0.4) is 0 Å². The van der Waals surface area contributed by atoms with Gasteiger partial charge in [-0.3, -0.25) is 9.89 Å². The number of esters is 1. The number of hydrogen-bond donors (Lipinski definition) is 2. The Balaban J connectivity index is 2.04. The standard InChI is InChI=1S/C15H19N3O3/c1-9(14(20)21-15(2,3)4)17-13(19)10-5-6-12-11(7-10)8-16-18-12/h5-9H,1-4H3,(H,16,18)(H,17,19)/t9-/m0/s1. The van der Waals surface area contributed by atoms with Crippen molar-refractivity contribution in [1.29, 1.82) is 0 Å². The third-order valence-corrected chi connectivity index (χ3v) is 2.81. The Labute approximate surface area is 122 Å². The molecule has 112 valence electrons. The minimum absolute atomic E-state index is 0.323. The van der Waals surface area contributed by atoms with E-state index in [9.17, 15) is 9.59 Å². The fraction of sp³-hybridized carbons (Fsp3) is 0.400. The molecular weight excluding hydrogens is 270 g/mol. The Bertz CT molecular complexity index is 670. The molecule has 21 heavy (non-hydrogen) atoms. The van der Waals surface area contributed by atoms with Crippen LogP contribution in [0.5, 0.6) is 0 Å². The summed E-state index contributed by atoms with van der Waals surface area (Å²) in [5, 5.41) is 10.2. The highest BCUT2D eigenvalue weighted by Crippen LogP contribution is 2.13. The number of aromatic nitrogens is 2. The van der Waals surface area contributed by atoms with Gasteiger partial charge in [0, 0.05) is 10.9 Å². The molecule has 0 aliphatic rings. The smallest absolute Gasteiger partial charge is 0.328 e. The van der Waals surface area contributed by atoms with E-state index in [2.05, 4.69) is 15.5 Å². The first-order chi connectivity index (χ1) is 9.76. The molecule has 0 unspecified atom stereocenters. The van der Waals surface area contributed by atoms with Crippen LogP contribution in [0.25, 0.3) is 10.9 Å². The van der Waals surface area contributed by atoms with Gasteiger partial charge in [0.05, 0.1) is 11.7 Å². The molecule has 0 radical (unpaired) electrons. The summed E-state index contributed by atoms with van der Waals surface area (Å²) in [6, 6.07) is 4.46. The van der Waals surface area contributed by atoms with Crippen molar-refractivity contribution in [3.63, 3.8) is 0 Å². The van der Waals surface area contributed by atoms with Gasteiger partial charge in [-0.25, -0.2) is 4.79 Å². The summed E-state index contributed by atoms with van der Waals surface area (Å²) in [6.07, 6.45) is 1.64. The lowest BCUT2D eigenvalue weighted by atomic mass is 10.1. The second-order valence-electron chi connectivity index (χ2n) is 5.90. The van der Waals surface area contributed by atoms with Gasteiger partial charge in [-0.15, -0.1) is 0 Å². The summed E-state index contributed by atoms with van der Waals surface area (Å²) in [6.45, 7) is 6.95. The first kappa shape index (κ1) is 15.0. The highest BCUT2D eigenvalue weighted by molar-refractivity contribution is 5.99. The Morgan fingerprint density at radius 1 is 1.33 bits per heavy atom. The summed E-state index contributed by atoms with van der Waals surface area (Å²) in [7, 11) is 0. The highest BCUT2D eigenvalue weighted by atomic mass is 16.6. The van der Waals surface area contributed by atoms with Crippen molar-refractivity contribution in [1.82, 2.24) is 15.5 Å². The topological polar surface area (TPSA) is 84.1 Å². The Morgan fingerprint density at radius 2 is 2.05 bits per heavy atom. The number of aromatic amines is 1. The molecule has 1 atom stereocenters. The van der Waals surface area contributed by atoms with Crippen LogP contribution in [0.2, 0.25) is 0 Å². The normalized spacial score (nSPS) is 13.0. The molecule has 0 bridgehead atoms. The molecule has 2 rings (SSSR count). The number of ether oxygens (including phenoxy) is 1. The van der Waals surface area contributed by atoms with Gasteiger partial charge in [-0.05, 0) is 45.9 Å². The summed E-state index contributed by atoms with van der Waals surface area (Å²) in [4.78, 5) is 24.0. The molecule has 0 aliphatic carbocycles. The Morgan fingerprint density at radius 3 is 2.71 bits per heavy atom. The zero-order valence-corrected chi connectivity index (χ0v) is 12.6. The fourth-order valence-corrected chi connectivity index (χ4v) is 1.81. The van der Waals surface area contributed by atoms with Crippen molar-refractivity contribution in [2.75, 3.05) is 0 Å². The fourth-order valence-electron chi connectivity index (χ4n) is 1.81. The molecule has 6 nitrogen and oxygen atoms in total. The van der Waals surface area contributed by atoms with Crippen LogP contribution >= 0.6 is 0 Å². The van der Waals surface area contributed by atoms with Crippen molar-refractivity contribution < 1.29 is 14.3 Å². The number of rotatable bonds is 3. The van der Waals surface area contributed by atoms with E-state index in [1.807, 2.05) is 0 Å². The molecule has 2 N–H and O–H groups in total. The van der Waals surface area contributed by atoms with Crippen LogP contribution in [0.4, 0.5) is 0 Å². The predicted octanol–water partition coefficient (Wildman–Crippen LogP) is 2.02. The largest absolute Gasteiger partial charge is 0.458 e. The molecule has 1 heterocycles.